The first-order chi connectivity index (χ1) is 8.61. The minimum absolute atomic E-state index is 0.0609. The lowest BCUT2D eigenvalue weighted by molar-refractivity contribution is 0.0696. The largest absolute Gasteiger partial charge is 0.478 e. The summed E-state index contributed by atoms with van der Waals surface area (Å²) >= 11 is 0. The Hall–Kier alpha value is -2.17. The highest BCUT2D eigenvalue weighted by Crippen LogP contribution is 2.22. The summed E-state index contributed by atoms with van der Waals surface area (Å²) in [4.78, 5) is 10.9. The van der Waals surface area contributed by atoms with Gasteiger partial charge in [-0.2, -0.15) is 5.10 Å². The molecule has 0 atom stereocenters. The quantitative estimate of drug-likeness (QED) is 0.905. The summed E-state index contributed by atoms with van der Waals surface area (Å²) in [5.41, 5.74) is 1.19. The number of carbonyl (C=O) groups is 1. The third-order valence-electron chi connectivity index (χ3n) is 2.59. The molecule has 0 saturated carbocycles. The van der Waals surface area contributed by atoms with Gasteiger partial charge in [0.05, 0.1) is 11.3 Å². The fourth-order valence-corrected chi connectivity index (χ4v) is 1.83. The van der Waals surface area contributed by atoms with Crippen LogP contribution in [0.2, 0.25) is 0 Å². The van der Waals surface area contributed by atoms with Crippen LogP contribution in [-0.4, -0.2) is 20.9 Å². The van der Waals surface area contributed by atoms with E-state index in [1.165, 1.54) is 12.1 Å². The SMILES string of the molecule is CCCn1nccc1-c1cc(F)cc(C(=O)O)c1. The van der Waals surface area contributed by atoms with E-state index >= 15 is 0 Å². The molecule has 94 valence electrons. The summed E-state index contributed by atoms with van der Waals surface area (Å²) in [5.74, 6) is -1.70. The molecule has 18 heavy (non-hydrogen) atoms. The van der Waals surface area contributed by atoms with Crippen LogP contribution in [-0.2, 0) is 6.54 Å². The van der Waals surface area contributed by atoms with Crippen molar-refractivity contribution in [2.75, 3.05) is 0 Å². The molecular formula is C13H13FN2O2. The molecule has 0 saturated heterocycles. The monoisotopic (exact) mass is 248 g/mol. The lowest BCUT2D eigenvalue weighted by atomic mass is 10.1. The molecule has 5 heteroatoms. The number of nitrogens with zero attached hydrogens (tertiary/aromatic N) is 2. The summed E-state index contributed by atoms with van der Waals surface area (Å²) in [5, 5.41) is 13.0. The van der Waals surface area contributed by atoms with Gasteiger partial charge in [-0.15, -0.1) is 0 Å². The van der Waals surface area contributed by atoms with E-state index in [2.05, 4.69) is 5.10 Å². The van der Waals surface area contributed by atoms with Crippen LogP contribution >= 0.6 is 0 Å². The average Bonchev–Trinajstić information content (AvgIpc) is 2.77. The molecule has 1 N–H and O–H groups in total. The van der Waals surface area contributed by atoms with Crippen LogP contribution in [0.4, 0.5) is 4.39 Å². The van der Waals surface area contributed by atoms with Crippen LogP contribution in [0.1, 0.15) is 23.7 Å². The molecule has 0 aliphatic heterocycles. The minimum Gasteiger partial charge on any atom is -0.478 e. The highest BCUT2D eigenvalue weighted by atomic mass is 19.1. The average molecular weight is 248 g/mol. The topological polar surface area (TPSA) is 55.1 Å². The Kier molecular flexibility index (Phi) is 3.41. The maximum absolute atomic E-state index is 13.4. The van der Waals surface area contributed by atoms with Crippen LogP contribution in [0.3, 0.4) is 0 Å². The number of benzene rings is 1. The number of halogens is 1. The van der Waals surface area contributed by atoms with Gasteiger partial charge in [-0.1, -0.05) is 6.92 Å². The molecular weight excluding hydrogens is 235 g/mol. The van der Waals surface area contributed by atoms with E-state index in [1.807, 2.05) is 6.92 Å². The molecule has 4 nitrogen and oxygen atoms in total. The van der Waals surface area contributed by atoms with E-state index in [4.69, 9.17) is 5.11 Å². The van der Waals surface area contributed by atoms with Crippen LogP contribution in [0, 0.1) is 5.82 Å². The van der Waals surface area contributed by atoms with Gasteiger partial charge in [0.15, 0.2) is 0 Å². The second kappa shape index (κ2) is 5.00. The first-order valence-electron chi connectivity index (χ1n) is 5.68. The van der Waals surface area contributed by atoms with Crippen molar-refractivity contribution in [3.63, 3.8) is 0 Å². The number of rotatable bonds is 4. The third-order valence-corrected chi connectivity index (χ3v) is 2.59. The van der Waals surface area contributed by atoms with Crippen molar-refractivity contribution in [3.05, 3.63) is 41.8 Å². The summed E-state index contributed by atoms with van der Waals surface area (Å²) in [6.07, 6.45) is 2.52. The number of hydrogen-bond donors (Lipinski definition) is 1. The van der Waals surface area contributed by atoms with Crippen LogP contribution in [0.5, 0.6) is 0 Å². The highest BCUT2D eigenvalue weighted by molar-refractivity contribution is 5.89. The number of carboxylic acid groups (broad SMARTS) is 1. The highest BCUT2D eigenvalue weighted by Gasteiger charge is 2.11. The van der Waals surface area contributed by atoms with Crippen molar-refractivity contribution in [3.8, 4) is 11.3 Å². The van der Waals surface area contributed by atoms with Crippen LogP contribution < -0.4 is 0 Å². The Labute approximate surface area is 104 Å². The van der Waals surface area contributed by atoms with Gasteiger partial charge in [-0.3, -0.25) is 4.68 Å². The first-order valence-corrected chi connectivity index (χ1v) is 5.68. The zero-order valence-corrected chi connectivity index (χ0v) is 9.93. The van der Waals surface area contributed by atoms with Crippen molar-refractivity contribution in [2.24, 2.45) is 0 Å². The van der Waals surface area contributed by atoms with Crippen molar-refractivity contribution in [1.82, 2.24) is 9.78 Å². The van der Waals surface area contributed by atoms with Gasteiger partial charge < -0.3 is 5.11 Å². The number of aromatic carboxylic acids is 1. The van der Waals surface area contributed by atoms with Gasteiger partial charge in [-0.05, 0) is 30.7 Å². The molecule has 0 amide bonds. The molecule has 2 aromatic rings. The van der Waals surface area contributed by atoms with Gasteiger partial charge in [0.25, 0.3) is 0 Å². The predicted octanol–water partition coefficient (Wildman–Crippen LogP) is 2.80. The second-order valence-corrected chi connectivity index (χ2v) is 3.97. The van der Waals surface area contributed by atoms with Crippen molar-refractivity contribution in [2.45, 2.75) is 19.9 Å². The van der Waals surface area contributed by atoms with E-state index < -0.39 is 11.8 Å². The molecule has 0 spiro atoms. The Morgan fingerprint density at radius 2 is 2.22 bits per heavy atom. The zero-order valence-electron chi connectivity index (χ0n) is 9.93. The third kappa shape index (κ3) is 2.40. The Balaban J connectivity index is 2.49. The van der Waals surface area contributed by atoms with E-state index in [0.717, 1.165) is 18.2 Å². The lowest BCUT2D eigenvalue weighted by Crippen LogP contribution is -2.03. The van der Waals surface area contributed by atoms with Crippen molar-refractivity contribution >= 4 is 5.97 Å². The van der Waals surface area contributed by atoms with Gasteiger partial charge >= 0.3 is 5.97 Å². The van der Waals surface area contributed by atoms with Crippen molar-refractivity contribution in [1.29, 1.82) is 0 Å². The fourth-order valence-electron chi connectivity index (χ4n) is 1.83. The maximum atomic E-state index is 13.4. The fraction of sp³-hybridized carbons (Fsp3) is 0.231. The number of aromatic nitrogens is 2. The molecule has 0 bridgehead atoms. The van der Waals surface area contributed by atoms with Gasteiger partial charge in [0.1, 0.15) is 5.82 Å². The molecule has 2 rings (SSSR count). The lowest BCUT2D eigenvalue weighted by Gasteiger charge is -2.07. The van der Waals surface area contributed by atoms with E-state index in [9.17, 15) is 9.18 Å². The Bertz CT molecular complexity index is 578. The zero-order chi connectivity index (χ0) is 13.1. The first kappa shape index (κ1) is 12.3. The van der Waals surface area contributed by atoms with Gasteiger partial charge in [-0.25, -0.2) is 9.18 Å². The van der Waals surface area contributed by atoms with E-state index in [1.54, 1.807) is 16.9 Å². The maximum Gasteiger partial charge on any atom is 0.335 e. The molecule has 0 aliphatic rings. The summed E-state index contributed by atoms with van der Waals surface area (Å²) < 4.78 is 15.1. The normalized spacial score (nSPS) is 10.6. The Morgan fingerprint density at radius 1 is 1.44 bits per heavy atom. The molecule has 1 aromatic carbocycles. The molecule has 0 aliphatic carbocycles. The molecule has 0 radical (unpaired) electrons. The smallest absolute Gasteiger partial charge is 0.335 e. The predicted molar refractivity (Wildman–Crippen MR) is 64.9 cm³/mol. The second-order valence-electron chi connectivity index (χ2n) is 3.97. The molecule has 0 fully saturated rings. The van der Waals surface area contributed by atoms with Gasteiger partial charge in [0.2, 0.25) is 0 Å². The molecule has 0 unspecified atom stereocenters. The van der Waals surface area contributed by atoms with E-state index in [0.29, 0.717) is 12.1 Å². The molecule has 1 heterocycles. The summed E-state index contributed by atoms with van der Waals surface area (Å²) in [6.45, 7) is 2.72. The standard InChI is InChI=1S/C13H13FN2O2/c1-2-5-16-12(3-4-15-16)9-6-10(13(17)18)8-11(14)7-9/h3-4,6-8H,2,5H2,1H3,(H,17,18). The van der Waals surface area contributed by atoms with Crippen LogP contribution in [0.15, 0.2) is 30.5 Å². The van der Waals surface area contributed by atoms with Crippen LogP contribution in [0.25, 0.3) is 11.3 Å². The number of hydrogen-bond acceptors (Lipinski definition) is 2. The van der Waals surface area contributed by atoms with E-state index in [-0.39, 0.29) is 5.56 Å². The number of carboxylic acids is 1. The molecule has 1 aromatic heterocycles. The summed E-state index contributed by atoms with van der Waals surface area (Å²) in [6, 6.07) is 5.52. The Morgan fingerprint density at radius 3 is 2.89 bits per heavy atom. The minimum atomic E-state index is -1.14. The van der Waals surface area contributed by atoms with Crippen molar-refractivity contribution < 1.29 is 14.3 Å². The van der Waals surface area contributed by atoms with Gasteiger partial charge in [0, 0.05) is 18.3 Å². The number of aryl methyl sites for hydroxylation is 1. The summed E-state index contributed by atoms with van der Waals surface area (Å²) in [7, 11) is 0.